The van der Waals surface area contributed by atoms with Crippen LogP contribution in [0, 0.1) is 5.92 Å². The predicted octanol–water partition coefficient (Wildman–Crippen LogP) is 3.69. The summed E-state index contributed by atoms with van der Waals surface area (Å²) in [7, 11) is 0. The van der Waals surface area contributed by atoms with Gasteiger partial charge in [0.1, 0.15) is 6.10 Å². The number of carbonyl (C=O) groups excluding carboxylic acids is 1. The van der Waals surface area contributed by atoms with Gasteiger partial charge in [-0.15, -0.1) is 17.9 Å². The molecule has 2 atom stereocenters. The van der Waals surface area contributed by atoms with Crippen LogP contribution in [0.1, 0.15) is 43.5 Å². The molecule has 0 aliphatic heterocycles. The maximum atomic E-state index is 12.2. The smallest absolute Gasteiger partial charge is 0.249 e. The van der Waals surface area contributed by atoms with E-state index in [0.717, 1.165) is 0 Å². The van der Waals surface area contributed by atoms with Gasteiger partial charge >= 0.3 is 0 Å². The highest BCUT2D eigenvalue weighted by molar-refractivity contribution is 7.10. The van der Waals surface area contributed by atoms with Crippen LogP contribution in [0.15, 0.2) is 30.2 Å². The second-order valence-electron chi connectivity index (χ2n) is 5.31. The van der Waals surface area contributed by atoms with Gasteiger partial charge in [-0.05, 0) is 37.1 Å². The molecule has 0 radical (unpaired) electrons. The standard InChI is InChI=1S/C16H23NO2S/c1-3-10-19-12(2)16(18)17-15(13-7-4-5-8-13)14-9-6-11-20-14/h3,6,9,11-13,15H,1,4-5,7-8,10H2,2H3,(H,17,18)/t12-,15-/m0/s1. The molecule has 0 spiro atoms. The molecule has 1 aromatic rings. The Morgan fingerprint density at radius 3 is 2.95 bits per heavy atom. The highest BCUT2D eigenvalue weighted by Gasteiger charge is 2.29. The van der Waals surface area contributed by atoms with Gasteiger partial charge in [0, 0.05) is 4.88 Å². The van der Waals surface area contributed by atoms with E-state index < -0.39 is 6.10 Å². The van der Waals surface area contributed by atoms with Crippen molar-refractivity contribution in [3.8, 4) is 0 Å². The molecule has 1 fully saturated rings. The van der Waals surface area contributed by atoms with E-state index in [-0.39, 0.29) is 11.9 Å². The minimum absolute atomic E-state index is 0.0304. The van der Waals surface area contributed by atoms with Crippen LogP contribution in [0.25, 0.3) is 0 Å². The maximum Gasteiger partial charge on any atom is 0.249 e. The van der Waals surface area contributed by atoms with Crippen LogP contribution >= 0.6 is 11.3 Å². The molecule has 0 bridgehead atoms. The summed E-state index contributed by atoms with van der Waals surface area (Å²) in [6.45, 7) is 5.80. The Hall–Kier alpha value is -1.13. The van der Waals surface area contributed by atoms with Crippen molar-refractivity contribution in [1.29, 1.82) is 0 Å². The molecule has 1 amide bonds. The molecule has 4 heteroatoms. The zero-order valence-electron chi connectivity index (χ0n) is 12.0. The third kappa shape index (κ3) is 3.93. The molecule has 1 aliphatic carbocycles. The zero-order valence-corrected chi connectivity index (χ0v) is 12.8. The van der Waals surface area contributed by atoms with Crippen molar-refractivity contribution in [1.82, 2.24) is 5.32 Å². The Labute approximate surface area is 125 Å². The molecule has 0 aromatic carbocycles. The van der Waals surface area contributed by atoms with Crippen LogP contribution in [-0.2, 0) is 9.53 Å². The summed E-state index contributed by atoms with van der Waals surface area (Å²) in [5.74, 6) is 0.529. The van der Waals surface area contributed by atoms with Crippen LogP contribution in [0.4, 0.5) is 0 Å². The average Bonchev–Trinajstić information content (AvgIpc) is 3.14. The second-order valence-corrected chi connectivity index (χ2v) is 6.29. The van der Waals surface area contributed by atoms with Crippen LogP contribution in [-0.4, -0.2) is 18.6 Å². The van der Waals surface area contributed by atoms with Gasteiger partial charge in [-0.2, -0.15) is 0 Å². The van der Waals surface area contributed by atoms with Crippen molar-refractivity contribution in [3.63, 3.8) is 0 Å². The first-order chi connectivity index (χ1) is 9.72. The Bertz CT molecular complexity index is 424. The van der Waals surface area contributed by atoms with E-state index in [1.165, 1.54) is 30.6 Å². The minimum atomic E-state index is -0.433. The number of carbonyl (C=O) groups is 1. The summed E-state index contributed by atoms with van der Waals surface area (Å²) in [6, 6.07) is 4.30. The Morgan fingerprint density at radius 2 is 2.35 bits per heavy atom. The molecule has 1 N–H and O–H groups in total. The molecule has 1 aromatic heterocycles. The van der Waals surface area contributed by atoms with Crippen molar-refractivity contribution in [2.24, 2.45) is 5.92 Å². The first kappa shape index (κ1) is 15.3. The number of ether oxygens (including phenoxy) is 1. The fraction of sp³-hybridized carbons (Fsp3) is 0.562. The van der Waals surface area contributed by atoms with Crippen molar-refractivity contribution >= 4 is 17.2 Å². The summed E-state index contributed by atoms with van der Waals surface area (Å²) < 4.78 is 5.41. The minimum Gasteiger partial charge on any atom is -0.365 e. The van der Waals surface area contributed by atoms with E-state index in [2.05, 4.69) is 23.3 Å². The van der Waals surface area contributed by atoms with Gasteiger partial charge in [0.15, 0.2) is 0 Å². The summed E-state index contributed by atoms with van der Waals surface area (Å²) >= 11 is 1.72. The molecule has 1 heterocycles. The fourth-order valence-electron chi connectivity index (χ4n) is 2.74. The van der Waals surface area contributed by atoms with E-state index in [9.17, 15) is 4.79 Å². The van der Waals surface area contributed by atoms with Crippen LogP contribution in [0.3, 0.4) is 0 Å². The average molecular weight is 293 g/mol. The number of rotatable bonds is 7. The van der Waals surface area contributed by atoms with E-state index in [1.807, 2.05) is 6.07 Å². The summed E-state index contributed by atoms with van der Waals surface area (Å²) in [5, 5.41) is 5.25. The first-order valence-electron chi connectivity index (χ1n) is 7.28. The number of amides is 1. The van der Waals surface area contributed by atoms with Crippen LogP contribution < -0.4 is 5.32 Å². The van der Waals surface area contributed by atoms with Crippen molar-refractivity contribution in [3.05, 3.63) is 35.0 Å². The highest BCUT2D eigenvalue weighted by atomic mass is 32.1. The Kier molecular flexibility index (Phi) is 5.80. The van der Waals surface area contributed by atoms with Gasteiger partial charge in [0.05, 0.1) is 12.6 Å². The molecule has 1 aliphatic rings. The normalized spacial score (nSPS) is 18.6. The molecule has 3 nitrogen and oxygen atoms in total. The zero-order chi connectivity index (χ0) is 14.4. The van der Waals surface area contributed by atoms with Gasteiger partial charge < -0.3 is 10.1 Å². The number of hydrogen-bond acceptors (Lipinski definition) is 3. The van der Waals surface area contributed by atoms with Gasteiger partial charge in [-0.25, -0.2) is 0 Å². The molecule has 2 rings (SSSR count). The Morgan fingerprint density at radius 1 is 1.60 bits per heavy atom. The first-order valence-corrected chi connectivity index (χ1v) is 8.16. The quantitative estimate of drug-likeness (QED) is 0.779. The van der Waals surface area contributed by atoms with Crippen molar-refractivity contribution in [2.75, 3.05) is 6.61 Å². The third-order valence-electron chi connectivity index (χ3n) is 3.85. The highest BCUT2D eigenvalue weighted by Crippen LogP contribution is 2.37. The van der Waals surface area contributed by atoms with Crippen molar-refractivity contribution < 1.29 is 9.53 Å². The van der Waals surface area contributed by atoms with Crippen molar-refractivity contribution in [2.45, 2.75) is 44.8 Å². The molecule has 1 saturated carbocycles. The summed E-state index contributed by atoms with van der Waals surface area (Å²) in [4.78, 5) is 13.5. The lowest BCUT2D eigenvalue weighted by Gasteiger charge is -2.25. The third-order valence-corrected chi connectivity index (χ3v) is 4.81. The molecule has 20 heavy (non-hydrogen) atoms. The lowest BCUT2D eigenvalue weighted by atomic mass is 9.96. The van der Waals surface area contributed by atoms with Gasteiger partial charge in [-0.3, -0.25) is 4.79 Å². The van der Waals surface area contributed by atoms with E-state index in [0.29, 0.717) is 12.5 Å². The van der Waals surface area contributed by atoms with E-state index in [1.54, 1.807) is 24.3 Å². The maximum absolute atomic E-state index is 12.2. The topological polar surface area (TPSA) is 38.3 Å². The second kappa shape index (κ2) is 7.60. The van der Waals surface area contributed by atoms with Gasteiger partial charge in [-0.1, -0.05) is 25.0 Å². The molecule has 110 valence electrons. The Balaban J connectivity index is 2.00. The monoisotopic (exact) mass is 293 g/mol. The SMILES string of the molecule is C=CCO[C@@H](C)C(=O)N[C@H](c1cccs1)C1CCCC1. The van der Waals surface area contributed by atoms with E-state index in [4.69, 9.17) is 4.74 Å². The fourth-order valence-corrected chi connectivity index (χ4v) is 3.61. The molecular weight excluding hydrogens is 270 g/mol. The largest absolute Gasteiger partial charge is 0.365 e. The lowest BCUT2D eigenvalue weighted by molar-refractivity contribution is -0.132. The predicted molar refractivity (Wildman–Crippen MR) is 82.8 cm³/mol. The lowest BCUT2D eigenvalue weighted by Crippen LogP contribution is -2.39. The number of thiophene rings is 1. The molecule has 0 unspecified atom stereocenters. The summed E-state index contributed by atoms with van der Waals surface area (Å²) in [5.41, 5.74) is 0. The number of nitrogens with one attached hydrogen (secondary N) is 1. The van der Waals surface area contributed by atoms with Gasteiger partial charge in [0.2, 0.25) is 5.91 Å². The number of hydrogen-bond donors (Lipinski definition) is 1. The van der Waals surface area contributed by atoms with Crippen LogP contribution in [0.5, 0.6) is 0 Å². The van der Waals surface area contributed by atoms with E-state index >= 15 is 0 Å². The van der Waals surface area contributed by atoms with Crippen LogP contribution in [0.2, 0.25) is 0 Å². The van der Waals surface area contributed by atoms with Gasteiger partial charge in [0.25, 0.3) is 0 Å². The summed E-state index contributed by atoms with van der Waals surface area (Å²) in [6.07, 6.45) is 6.17. The molecule has 0 saturated heterocycles. The molecular formula is C16H23NO2S.